The third-order valence-corrected chi connectivity index (χ3v) is 2.29. The molecule has 0 fully saturated rings. The quantitative estimate of drug-likeness (QED) is 0.850. The first-order chi connectivity index (χ1) is 8.34. The van der Waals surface area contributed by atoms with Crippen molar-refractivity contribution < 1.29 is 23.1 Å². The van der Waals surface area contributed by atoms with Crippen molar-refractivity contribution in [2.24, 2.45) is 5.92 Å². The van der Waals surface area contributed by atoms with Crippen LogP contribution in [0.15, 0.2) is 12.3 Å². The smallest absolute Gasteiger partial charge is 0.433 e. The minimum atomic E-state index is -4.55. The van der Waals surface area contributed by atoms with Crippen LogP contribution in [0.5, 0.6) is 0 Å². The van der Waals surface area contributed by atoms with Crippen LogP contribution in [0.25, 0.3) is 0 Å². The lowest BCUT2D eigenvalue weighted by Crippen LogP contribution is -2.23. The van der Waals surface area contributed by atoms with Gasteiger partial charge in [-0.05, 0) is 12.5 Å². The Kier molecular flexibility index (Phi) is 4.46. The number of anilines is 1. The minimum Gasteiger partial charge on any atom is -0.481 e. The van der Waals surface area contributed by atoms with Crippen LogP contribution < -0.4 is 5.32 Å². The molecule has 0 saturated carbocycles. The number of hydrogen-bond acceptors (Lipinski definition) is 4. The van der Waals surface area contributed by atoms with Crippen LogP contribution in [0.4, 0.5) is 19.1 Å². The number of hydrogen-bond donors (Lipinski definition) is 2. The van der Waals surface area contributed by atoms with E-state index >= 15 is 0 Å². The molecule has 0 aromatic carbocycles. The molecular weight excluding hydrogens is 251 g/mol. The summed E-state index contributed by atoms with van der Waals surface area (Å²) in [5.41, 5.74) is -1.07. The largest absolute Gasteiger partial charge is 0.481 e. The zero-order valence-electron chi connectivity index (χ0n) is 9.53. The van der Waals surface area contributed by atoms with Gasteiger partial charge in [0.25, 0.3) is 0 Å². The zero-order chi connectivity index (χ0) is 13.8. The molecule has 1 atom stereocenters. The summed E-state index contributed by atoms with van der Waals surface area (Å²) in [6.45, 7) is 1.65. The van der Waals surface area contributed by atoms with E-state index in [1.54, 1.807) is 6.92 Å². The van der Waals surface area contributed by atoms with Crippen molar-refractivity contribution in [1.82, 2.24) is 9.97 Å². The van der Waals surface area contributed by atoms with Gasteiger partial charge in [0, 0.05) is 12.7 Å². The number of rotatable bonds is 5. The molecule has 5 nitrogen and oxygen atoms in total. The van der Waals surface area contributed by atoms with E-state index < -0.39 is 23.8 Å². The molecule has 18 heavy (non-hydrogen) atoms. The first-order valence-corrected chi connectivity index (χ1v) is 5.21. The van der Waals surface area contributed by atoms with Crippen molar-refractivity contribution in [2.75, 3.05) is 11.9 Å². The molecule has 0 aliphatic rings. The second-order valence-electron chi connectivity index (χ2n) is 3.59. The van der Waals surface area contributed by atoms with Gasteiger partial charge in [0.1, 0.15) is 5.69 Å². The molecule has 1 rings (SSSR count). The van der Waals surface area contributed by atoms with Crippen molar-refractivity contribution in [1.29, 1.82) is 0 Å². The fourth-order valence-electron chi connectivity index (χ4n) is 1.22. The van der Waals surface area contributed by atoms with Gasteiger partial charge in [0.05, 0.1) is 5.92 Å². The van der Waals surface area contributed by atoms with E-state index in [2.05, 4.69) is 15.3 Å². The summed E-state index contributed by atoms with van der Waals surface area (Å²) < 4.78 is 37.0. The average molecular weight is 263 g/mol. The third-order valence-electron chi connectivity index (χ3n) is 2.29. The summed E-state index contributed by atoms with van der Waals surface area (Å²) in [5.74, 6) is -1.94. The van der Waals surface area contributed by atoms with Crippen LogP contribution in [-0.2, 0) is 11.0 Å². The molecule has 2 N–H and O–H groups in total. The van der Waals surface area contributed by atoms with Gasteiger partial charge < -0.3 is 10.4 Å². The summed E-state index contributed by atoms with van der Waals surface area (Å²) in [6.07, 6.45) is -3.21. The van der Waals surface area contributed by atoms with E-state index in [9.17, 15) is 18.0 Å². The fourth-order valence-corrected chi connectivity index (χ4v) is 1.22. The molecule has 0 radical (unpaired) electrons. The van der Waals surface area contributed by atoms with Crippen molar-refractivity contribution in [3.63, 3.8) is 0 Å². The van der Waals surface area contributed by atoms with Crippen LogP contribution in [0.3, 0.4) is 0 Å². The van der Waals surface area contributed by atoms with E-state index in [0.29, 0.717) is 6.42 Å². The Hall–Kier alpha value is -1.86. The molecule has 1 unspecified atom stereocenters. The highest BCUT2D eigenvalue weighted by molar-refractivity contribution is 5.70. The van der Waals surface area contributed by atoms with Gasteiger partial charge in [0.2, 0.25) is 5.95 Å². The van der Waals surface area contributed by atoms with E-state index in [0.717, 1.165) is 12.3 Å². The Bertz CT molecular complexity index is 423. The predicted octanol–water partition coefficient (Wildman–Crippen LogP) is 2.02. The van der Waals surface area contributed by atoms with Gasteiger partial charge >= 0.3 is 12.1 Å². The van der Waals surface area contributed by atoms with Crippen LogP contribution >= 0.6 is 0 Å². The van der Waals surface area contributed by atoms with Gasteiger partial charge in [-0.15, -0.1) is 0 Å². The molecule has 8 heteroatoms. The molecule has 0 saturated heterocycles. The number of nitrogens with one attached hydrogen (secondary N) is 1. The molecule has 1 aromatic heterocycles. The number of alkyl halides is 3. The van der Waals surface area contributed by atoms with Crippen molar-refractivity contribution in [3.8, 4) is 0 Å². The lowest BCUT2D eigenvalue weighted by Gasteiger charge is -2.12. The number of carboxylic acid groups (broad SMARTS) is 1. The number of halogens is 3. The normalized spacial score (nSPS) is 13.1. The number of nitrogens with zero attached hydrogens (tertiary/aromatic N) is 2. The highest BCUT2D eigenvalue weighted by atomic mass is 19.4. The van der Waals surface area contributed by atoms with Gasteiger partial charge in [-0.25, -0.2) is 9.97 Å². The van der Waals surface area contributed by atoms with Gasteiger partial charge in [-0.3, -0.25) is 4.79 Å². The topological polar surface area (TPSA) is 75.1 Å². The number of aliphatic carboxylic acids is 1. The molecule has 1 aromatic rings. The van der Waals surface area contributed by atoms with Crippen LogP contribution in [-0.4, -0.2) is 27.6 Å². The van der Waals surface area contributed by atoms with Gasteiger partial charge in [0.15, 0.2) is 0 Å². The van der Waals surface area contributed by atoms with Gasteiger partial charge in [-0.1, -0.05) is 6.92 Å². The monoisotopic (exact) mass is 263 g/mol. The maximum Gasteiger partial charge on any atom is 0.433 e. The summed E-state index contributed by atoms with van der Waals surface area (Å²) in [5, 5.41) is 11.3. The molecule has 1 heterocycles. The number of carbonyl (C=O) groups is 1. The summed E-state index contributed by atoms with van der Waals surface area (Å²) in [7, 11) is 0. The molecule has 0 aliphatic carbocycles. The Morgan fingerprint density at radius 3 is 2.72 bits per heavy atom. The Morgan fingerprint density at radius 2 is 2.22 bits per heavy atom. The summed E-state index contributed by atoms with van der Waals surface area (Å²) in [4.78, 5) is 17.6. The second-order valence-corrected chi connectivity index (χ2v) is 3.59. The summed E-state index contributed by atoms with van der Waals surface area (Å²) >= 11 is 0. The number of carboxylic acids is 1. The standard InChI is InChI=1S/C10H12F3N3O2/c1-2-6(8(17)18)5-15-9-14-4-3-7(16-9)10(11,12)13/h3-4,6H,2,5H2,1H3,(H,17,18)(H,14,15,16). The Morgan fingerprint density at radius 1 is 1.56 bits per heavy atom. The number of aromatic nitrogens is 2. The van der Waals surface area contributed by atoms with Crippen molar-refractivity contribution in [2.45, 2.75) is 19.5 Å². The Balaban J connectivity index is 2.71. The van der Waals surface area contributed by atoms with Crippen LogP contribution in [0.2, 0.25) is 0 Å². The van der Waals surface area contributed by atoms with Crippen molar-refractivity contribution >= 4 is 11.9 Å². The first kappa shape index (κ1) is 14.2. The van der Waals surface area contributed by atoms with Crippen LogP contribution in [0.1, 0.15) is 19.0 Å². The highest BCUT2D eigenvalue weighted by Gasteiger charge is 2.32. The molecule has 0 aliphatic heterocycles. The lowest BCUT2D eigenvalue weighted by atomic mass is 10.1. The zero-order valence-corrected chi connectivity index (χ0v) is 9.53. The van der Waals surface area contributed by atoms with E-state index in [1.165, 1.54) is 0 Å². The first-order valence-electron chi connectivity index (χ1n) is 5.21. The summed E-state index contributed by atoms with van der Waals surface area (Å²) in [6, 6.07) is 0.750. The molecular formula is C10H12F3N3O2. The van der Waals surface area contributed by atoms with E-state index in [-0.39, 0.29) is 12.5 Å². The van der Waals surface area contributed by atoms with Crippen molar-refractivity contribution in [3.05, 3.63) is 18.0 Å². The maximum atomic E-state index is 12.3. The average Bonchev–Trinajstić information content (AvgIpc) is 2.28. The second kappa shape index (κ2) is 5.65. The molecule has 100 valence electrons. The molecule has 0 spiro atoms. The SMILES string of the molecule is CCC(CNc1nccc(C(F)(F)F)n1)C(=O)O. The van der Waals surface area contributed by atoms with Crippen LogP contribution in [0, 0.1) is 5.92 Å². The Labute approximate surface area is 101 Å². The van der Waals surface area contributed by atoms with Gasteiger partial charge in [-0.2, -0.15) is 13.2 Å². The fraction of sp³-hybridized carbons (Fsp3) is 0.500. The third kappa shape index (κ3) is 3.86. The molecule has 0 amide bonds. The van der Waals surface area contributed by atoms with E-state index in [4.69, 9.17) is 5.11 Å². The van der Waals surface area contributed by atoms with E-state index in [1.807, 2.05) is 0 Å². The minimum absolute atomic E-state index is 0.0207. The maximum absolute atomic E-state index is 12.3. The highest BCUT2D eigenvalue weighted by Crippen LogP contribution is 2.27. The lowest BCUT2D eigenvalue weighted by molar-refractivity contribution is -0.142. The predicted molar refractivity (Wildman–Crippen MR) is 56.9 cm³/mol. The molecule has 0 bridgehead atoms.